The Morgan fingerprint density at radius 3 is 2.57 bits per heavy atom. The number of aliphatic hydroxyl groups is 1. The molecule has 0 bridgehead atoms. The second-order valence-electron chi connectivity index (χ2n) is 11.4. The lowest BCUT2D eigenvalue weighted by Gasteiger charge is -2.30. The molecule has 0 saturated carbocycles. The summed E-state index contributed by atoms with van der Waals surface area (Å²) in [4.78, 5) is 12.9. The number of aliphatic hydroxyl groups excluding tert-OH is 1. The van der Waals surface area contributed by atoms with Crippen molar-refractivity contribution in [3.05, 3.63) is 29.3 Å². The van der Waals surface area contributed by atoms with Gasteiger partial charge < -0.3 is 30.4 Å². The summed E-state index contributed by atoms with van der Waals surface area (Å²) in [5, 5.41) is 14.1. The van der Waals surface area contributed by atoms with Crippen LogP contribution in [0.25, 0.3) is 0 Å². The Labute approximate surface area is 224 Å². The molecule has 0 radical (unpaired) electrons. The number of hydrogen-bond acceptors (Lipinski definition) is 6. The third-order valence-electron chi connectivity index (χ3n) is 7.68. The van der Waals surface area contributed by atoms with Crippen molar-refractivity contribution in [3.63, 3.8) is 0 Å². The van der Waals surface area contributed by atoms with E-state index in [1.54, 1.807) is 7.11 Å². The number of ether oxygens (including phenoxy) is 3. The van der Waals surface area contributed by atoms with E-state index >= 15 is 0 Å². The first-order chi connectivity index (χ1) is 17.6. The van der Waals surface area contributed by atoms with Gasteiger partial charge in [0, 0.05) is 45.2 Å². The summed E-state index contributed by atoms with van der Waals surface area (Å²) in [5.41, 5.74) is 8.87. The molecule has 2 rings (SSSR count). The van der Waals surface area contributed by atoms with Crippen molar-refractivity contribution in [3.8, 4) is 5.75 Å². The Kier molecular flexibility index (Phi) is 13.9. The number of methoxy groups -OCH3 is 1. The summed E-state index contributed by atoms with van der Waals surface area (Å²) in [7, 11) is 1.70. The SMILES string of the molecule is COCCCOc1cc(CC(CC(N)C(O)CC(C(=O)NC[C@@H]2CCCO2)C(C)C)C(C)C)ccc1C. The molecule has 7 heteroatoms. The number of benzene rings is 1. The van der Waals surface area contributed by atoms with E-state index in [0.717, 1.165) is 43.6 Å². The maximum Gasteiger partial charge on any atom is 0.223 e. The van der Waals surface area contributed by atoms with Crippen LogP contribution < -0.4 is 15.8 Å². The van der Waals surface area contributed by atoms with Crippen LogP contribution in [0.3, 0.4) is 0 Å². The zero-order valence-electron chi connectivity index (χ0n) is 24.0. The second kappa shape index (κ2) is 16.3. The predicted octanol–water partition coefficient (Wildman–Crippen LogP) is 4.26. The van der Waals surface area contributed by atoms with Gasteiger partial charge in [-0.2, -0.15) is 0 Å². The Morgan fingerprint density at radius 2 is 1.95 bits per heavy atom. The van der Waals surface area contributed by atoms with Gasteiger partial charge in [0.05, 0.1) is 18.8 Å². The quantitative estimate of drug-likeness (QED) is 0.265. The lowest BCUT2D eigenvalue weighted by molar-refractivity contribution is -0.128. The number of hydrogen-bond donors (Lipinski definition) is 3. The standard InChI is InChI=1S/C30H52N2O5/c1-20(2)24(15-23-11-10-22(5)29(16-23)37-14-8-12-35-6)17-27(31)28(33)18-26(21(3)4)30(34)32-19-25-9-7-13-36-25/h10-11,16,20-21,24-28,33H,7-9,12-15,17-19,31H2,1-6H3,(H,32,34)/t24?,25-,26?,27?,28?/m0/s1. The highest BCUT2D eigenvalue weighted by Crippen LogP contribution is 2.28. The van der Waals surface area contributed by atoms with Gasteiger partial charge in [-0.1, -0.05) is 39.8 Å². The topological polar surface area (TPSA) is 103 Å². The maximum atomic E-state index is 12.9. The van der Waals surface area contributed by atoms with Crippen LogP contribution >= 0.6 is 0 Å². The van der Waals surface area contributed by atoms with Gasteiger partial charge in [-0.15, -0.1) is 0 Å². The van der Waals surface area contributed by atoms with Crippen LogP contribution in [-0.4, -0.2) is 62.7 Å². The fourth-order valence-corrected chi connectivity index (χ4v) is 4.98. The van der Waals surface area contributed by atoms with Crippen molar-refractivity contribution >= 4 is 5.91 Å². The minimum atomic E-state index is -0.736. The molecule has 1 aromatic rings. The molecule has 1 heterocycles. The van der Waals surface area contributed by atoms with Crippen LogP contribution in [0.1, 0.15) is 70.9 Å². The van der Waals surface area contributed by atoms with Crippen molar-refractivity contribution in [2.75, 3.05) is 33.5 Å². The molecule has 4 unspecified atom stereocenters. The maximum absolute atomic E-state index is 12.9. The molecular weight excluding hydrogens is 468 g/mol. The Hall–Kier alpha value is -1.67. The molecule has 1 aliphatic heterocycles. The van der Waals surface area contributed by atoms with E-state index in [2.05, 4.69) is 44.3 Å². The molecule has 1 amide bonds. The van der Waals surface area contributed by atoms with Crippen LogP contribution in [0, 0.1) is 30.6 Å². The minimum absolute atomic E-state index is 0.0187. The molecule has 7 nitrogen and oxygen atoms in total. The Morgan fingerprint density at radius 1 is 1.19 bits per heavy atom. The number of carbonyl (C=O) groups is 1. The number of rotatable bonds is 17. The van der Waals surface area contributed by atoms with E-state index in [4.69, 9.17) is 19.9 Å². The molecule has 0 aromatic heterocycles. The molecule has 1 aliphatic rings. The largest absolute Gasteiger partial charge is 0.493 e. The average molecular weight is 521 g/mol. The van der Waals surface area contributed by atoms with Crippen molar-refractivity contribution in [1.82, 2.24) is 5.32 Å². The molecule has 4 N–H and O–H groups in total. The third-order valence-corrected chi connectivity index (χ3v) is 7.68. The van der Waals surface area contributed by atoms with Crippen molar-refractivity contribution < 1.29 is 24.1 Å². The molecule has 0 aliphatic carbocycles. The highest BCUT2D eigenvalue weighted by atomic mass is 16.5. The van der Waals surface area contributed by atoms with Gasteiger partial charge in [0.25, 0.3) is 0 Å². The lowest BCUT2D eigenvalue weighted by atomic mass is 9.80. The fraction of sp³-hybridized carbons (Fsp3) is 0.767. The Bertz CT molecular complexity index is 794. The third kappa shape index (κ3) is 10.9. The van der Waals surface area contributed by atoms with Crippen molar-refractivity contribution in [2.45, 2.75) is 91.4 Å². The van der Waals surface area contributed by atoms with Crippen LogP contribution in [0.4, 0.5) is 0 Å². The predicted molar refractivity (Wildman–Crippen MR) is 149 cm³/mol. The fourth-order valence-electron chi connectivity index (χ4n) is 4.98. The molecule has 0 spiro atoms. The van der Waals surface area contributed by atoms with Gasteiger partial charge >= 0.3 is 0 Å². The van der Waals surface area contributed by atoms with Crippen LogP contribution in [0.2, 0.25) is 0 Å². The number of nitrogens with one attached hydrogen (secondary N) is 1. The average Bonchev–Trinajstić information content (AvgIpc) is 3.38. The molecule has 1 aromatic carbocycles. The minimum Gasteiger partial charge on any atom is -0.493 e. The van der Waals surface area contributed by atoms with E-state index in [1.165, 1.54) is 5.56 Å². The van der Waals surface area contributed by atoms with Gasteiger partial charge in [-0.3, -0.25) is 4.79 Å². The van der Waals surface area contributed by atoms with E-state index in [9.17, 15) is 9.90 Å². The second-order valence-corrected chi connectivity index (χ2v) is 11.4. The van der Waals surface area contributed by atoms with Crippen molar-refractivity contribution in [1.29, 1.82) is 0 Å². The molecule has 37 heavy (non-hydrogen) atoms. The number of carbonyl (C=O) groups excluding carboxylic acids is 1. The molecular formula is C30H52N2O5. The van der Waals surface area contributed by atoms with Crippen LogP contribution in [0.15, 0.2) is 18.2 Å². The van der Waals surface area contributed by atoms with E-state index in [-0.39, 0.29) is 23.8 Å². The van der Waals surface area contributed by atoms with E-state index in [0.29, 0.717) is 44.4 Å². The zero-order chi connectivity index (χ0) is 27.4. The van der Waals surface area contributed by atoms with E-state index in [1.807, 2.05) is 13.8 Å². The van der Waals surface area contributed by atoms with Gasteiger partial charge in [0.2, 0.25) is 5.91 Å². The first kappa shape index (κ1) is 31.5. The van der Waals surface area contributed by atoms with Gasteiger partial charge in [0.15, 0.2) is 0 Å². The summed E-state index contributed by atoms with van der Waals surface area (Å²) >= 11 is 0. The molecule has 212 valence electrons. The highest BCUT2D eigenvalue weighted by Gasteiger charge is 2.30. The number of aryl methyl sites for hydroxylation is 1. The van der Waals surface area contributed by atoms with E-state index < -0.39 is 12.1 Å². The van der Waals surface area contributed by atoms with Gasteiger partial charge in [-0.25, -0.2) is 0 Å². The first-order valence-electron chi connectivity index (χ1n) is 14.2. The first-order valence-corrected chi connectivity index (χ1v) is 14.2. The monoisotopic (exact) mass is 520 g/mol. The summed E-state index contributed by atoms with van der Waals surface area (Å²) in [5.74, 6) is 1.43. The molecule has 1 fully saturated rings. The molecule has 5 atom stereocenters. The summed E-state index contributed by atoms with van der Waals surface area (Å²) in [6.07, 6.45) is 4.18. The van der Waals surface area contributed by atoms with Crippen LogP contribution in [-0.2, 0) is 20.7 Å². The summed E-state index contributed by atoms with van der Waals surface area (Å²) in [6.45, 7) is 13.1. The summed E-state index contributed by atoms with van der Waals surface area (Å²) in [6, 6.07) is 6.00. The van der Waals surface area contributed by atoms with Gasteiger partial charge in [0.1, 0.15) is 5.75 Å². The smallest absolute Gasteiger partial charge is 0.223 e. The summed E-state index contributed by atoms with van der Waals surface area (Å²) < 4.78 is 16.7. The van der Waals surface area contributed by atoms with Crippen molar-refractivity contribution in [2.24, 2.45) is 29.4 Å². The number of nitrogens with two attached hydrogens (primary N) is 1. The number of amides is 1. The molecule has 1 saturated heterocycles. The zero-order valence-corrected chi connectivity index (χ0v) is 24.0. The highest BCUT2D eigenvalue weighted by molar-refractivity contribution is 5.78. The van der Waals surface area contributed by atoms with Crippen LogP contribution in [0.5, 0.6) is 5.75 Å². The Balaban J connectivity index is 1.94. The lowest BCUT2D eigenvalue weighted by Crippen LogP contribution is -2.43. The normalized spacial score (nSPS) is 19.1. The van der Waals surface area contributed by atoms with Gasteiger partial charge in [-0.05, 0) is 74.0 Å².